The van der Waals surface area contributed by atoms with Crippen LogP contribution in [0.1, 0.15) is 38.9 Å². The highest BCUT2D eigenvalue weighted by atomic mass is 16.5. The number of rotatable bonds is 4. The lowest BCUT2D eigenvalue weighted by atomic mass is 10.1. The summed E-state index contributed by atoms with van der Waals surface area (Å²) in [5.74, 6) is -0.257. The van der Waals surface area contributed by atoms with E-state index in [2.05, 4.69) is 10.4 Å². The maximum Gasteiger partial charge on any atom is 0.259 e. The van der Waals surface area contributed by atoms with Gasteiger partial charge in [-0.2, -0.15) is 5.10 Å². The minimum Gasteiger partial charge on any atom is -0.378 e. The quantitative estimate of drug-likeness (QED) is 0.911. The van der Waals surface area contributed by atoms with Crippen molar-refractivity contribution in [2.45, 2.75) is 27.3 Å². The molecule has 0 aliphatic carbocycles. The fraction of sp³-hybridized carbons (Fsp3) is 0.421. The van der Waals surface area contributed by atoms with Crippen LogP contribution in [0.15, 0.2) is 24.4 Å². The van der Waals surface area contributed by atoms with E-state index in [-0.39, 0.29) is 11.8 Å². The molecule has 0 saturated carbocycles. The molecule has 7 nitrogen and oxygen atoms in total. The molecule has 1 fully saturated rings. The Morgan fingerprint density at radius 1 is 1.19 bits per heavy atom. The molecule has 0 bridgehead atoms. The van der Waals surface area contributed by atoms with Crippen molar-refractivity contribution in [2.24, 2.45) is 0 Å². The highest BCUT2D eigenvalue weighted by Gasteiger charge is 2.21. The second-order valence-electron chi connectivity index (χ2n) is 6.35. The Labute approximate surface area is 152 Å². The number of hydrogen-bond acceptors (Lipinski definition) is 4. The number of benzene rings is 1. The van der Waals surface area contributed by atoms with Gasteiger partial charge in [0, 0.05) is 36.6 Å². The van der Waals surface area contributed by atoms with E-state index in [0.29, 0.717) is 49.7 Å². The summed E-state index contributed by atoms with van der Waals surface area (Å²) in [5, 5.41) is 7.08. The number of amides is 2. The molecule has 0 radical (unpaired) electrons. The van der Waals surface area contributed by atoms with Crippen LogP contribution in [0.25, 0.3) is 0 Å². The van der Waals surface area contributed by atoms with Crippen LogP contribution < -0.4 is 5.32 Å². The van der Waals surface area contributed by atoms with Crippen LogP contribution in [-0.2, 0) is 11.3 Å². The minimum absolute atomic E-state index is 0.0307. The van der Waals surface area contributed by atoms with Gasteiger partial charge >= 0.3 is 0 Å². The molecule has 0 spiro atoms. The molecule has 0 atom stereocenters. The highest BCUT2D eigenvalue weighted by Crippen LogP contribution is 2.19. The van der Waals surface area contributed by atoms with E-state index in [9.17, 15) is 9.59 Å². The first kappa shape index (κ1) is 18.1. The Morgan fingerprint density at radius 2 is 1.92 bits per heavy atom. The molecule has 2 amide bonds. The van der Waals surface area contributed by atoms with Crippen LogP contribution in [0.2, 0.25) is 0 Å². The van der Waals surface area contributed by atoms with Crippen molar-refractivity contribution < 1.29 is 14.3 Å². The van der Waals surface area contributed by atoms with Gasteiger partial charge in [0.2, 0.25) is 0 Å². The predicted octanol–water partition coefficient (Wildman–Crippen LogP) is 2.24. The van der Waals surface area contributed by atoms with Crippen LogP contribution >= 0.6 is 0 Å². The molecule has 0 unspecified atom stereocenters. The molecular formula is C19H24N4O3. The van der Waals surface area contributed by atoms with Crippen molar-refractivity contribution in [3.63, 3.8) is 0 Å². The van der Waals surface area contributed by atoms with Crippen LogP contribution in [0.4, 0.5) is 5.69 Å². The summed E-state index contributed by atoms with van der Waals surface area (Å²) < 4.78 is 7.08. The molecule has 2 aromatic rings. The van der Waals surface area contributed by atoms with E-state index >= 15 is 0 Å². The van der Waals surface area contributed by atoms with Crippen LogP contribution in [-0.4, -0.2) is 52.8 Å². The molecule has 1 N–H and O–H groups in total. The summed E-state index contributed by atoms with van der Waals surface area (Å²) in [6.45, 7) is 8.74. The zero-order chi connectivity index (χ0) is 18.7. The van der Waals surface area contributed by atoms with Crippen molar-refractivity contribution in [3.05, 3.63) is 46.8 Å². The minimum atomic E-state index is -0.226. The topological polar surface area (TPSA) is 76.5 Å². The van der Waals surface area contributed by atoms with Crippen LogP contribution in [0.5, 0.6) is 0 Å². The molecule has 3 rings (SSSR count). The van der Waals surface area contributed by atoms with Gasteiger partial charge < -0.3 is 15.0 Å². The van der Waals surface area contributed by atoms with Crippen LogP contribution in [0.3, 0.4) is 0 Å². The third kappa shape index (κ3) is 3.62. The fourth-order valence-corrected chi connectivity index (χ4v) is 3.05. The second-order valence-corrected chi connectivity index (χ2v) is 6.35. The average Bonchev–Trinajstić information content (AvgIpc) is 3.04. The van der Waals surface area contributed by atoms with Gasteiger partial charge in [-0.25, -0.2) is 0 Å². The van der Waals surface area contributed by atoms with Crippen molar-refractivity contribution in [3.8, 4) is 0 Å². The molecule has 1 aliphatic heterocycles. The van der Waals surface area contributed by atoms with E-state index < -0.39 is 0 Å². The fourth-order valence-electron chi connectivity index (χ4n) is 3.05. The lowest BCUT2D eigenvalue weighted by molar-refractivity contribution is 0.0302. The monoisotopic (exact) mass is 356 g/mol. The molecule has 1 aliphatic rings. The molecular weight excluding hydrogens is 332 g/mol. The number of hydrogen-bond donors (Lipinski definition) is 1. The van der Waals surface area contributed by atoms with E-state index in [1.54, 1.807) is 21.8 Å². The van der Waals surface area contributed by atoms with E-state index in [1.165, 1.54) is 0 Å². The Bertz CT molecular complexity index is 822. The van der Waals surface area contributed by atoms with Gasteiger partial charge in [-0.1, -0.05) is 6.07 Å². The Balaban J connectivity index is 1.79. The second kappa shape index (κ2) is 7.70. The third-order valence-corrected chi connectivity index (χ3v) is 4.67. The molecule has 26 heavy (non-hydrogen) atoms. The van der Waals surface area contributed by atoms with Crippen molar-refractivity contribution in [2.75, 3.05) is 31.6 Å². The van der Waals surface area contributed by atoms with Gasteiger partial charge in [0.25, 0.3) is 11.8 Å². The molecule has 1 aromatic heterocycles. The first-order chi connectivity index (χ1) is 12.5. The number of morpholine rings is 1. The Hall–Kier alpha value is -2.67. The molecule has 2 heterocycles. The van der Waals surface area contributed by atoms with Gasteiger partial charge in [-0.05, 0) is 38.5 Å². The molecule has 1 saturated heterocycles. The number of nitrogens with zero attached hydrogens (tertiary/aromatic N) is 3. The summed E-state index contributed by atoms with van der Waals surface area (Å²) in [6.07, 6.45) is 1.57. The number of nitrogens with one attached hydrogen (secondary N) is 1. The molecule has 7 heteroatoms. The number of anilines is 1. The Kier molecular flexibility index (Phi) is 5.37. The first-order valence-electron chi connectivity index (χ1n) is 8.82. The predicted molar refractivity (Wildman–Crippen MR) is 98.5 cm³/mol. The maximum atomic E-state index is 12.8. The third-order valence-electron chi connectivity index (χ3n) is 4.67. The average molecular weight is 356 g/mol. The Morgan fingerprint density at radius 3 is 2.58 bits per heavy atom. The lowest BCUT2D eigenvalue weighted by Gasteiger charge is -2.27. The number of aromatic nitrogens is 2. The van der Waals surface area contributed by atoms with Crippen LogP contribution in [0, 0.1) is 13.8 Å². The van der Waals surface area contributed by atoms with E-state index in [1.807, 2.05) is 32.9 Å². The van der Waals surface area contributed by atoms with E-state index in [4.69, 9.17) is 4.74 Å². The zero-order valence-corrected chi connectivity index (χ0v) is 15.4. The van der Waals surface area contributed by atoms with Gasteiger partial charge in [-0.15, -0.1) is 0 Å². The summed E-state index contributed by atoms with van der Waals surface area (Å²) in [4.78, 5) is 27.1. The number of aryl methyl sites for hydroxylation is 2. The van der Waals surface area contributed by atoms with Crippen molar-refractivity contribution in [1.29, 1.82) is 0 Å². The SMILES string of the molecule is CCn1ncc(C(=O)Nc2ccc(C)c(C(=O)N3CCOCC3)c2)c1C. The summed E-state index contributed by atoms with van der Waals surface area (Å²) in [7, 11) is 0. The largest absolute Gasteiger partial charge is 0.378 e. The number of carbonyl (C=O) groups is 2. The number of ether oxygens (including phenoxy) is 1. The smallest absolute Gasteiger partial charge is 0.259 e. The standard InChI is InChI=1S/C19H24N4O3/c1-4-23-14(3)17(12-20-23)18(24)21-15-6-5-13(2)16(11-15)19(25)22-7-9-26-10-8-22/h5-6,11-12H,4,7-10H2,1-3H3,(H,21,24). The lowest BCUT2D eigenvalue weighted by Crippen LogP contribution is -2.41. The maximum absolute atomic E-state index is 12.8. The normalized spacial score (nSPS) is 14.3. The highest BCUT2D eigenvalue weighted by molar-refractivity contribution is 6.05. The van der Waals surface area contributed by atoms with E-state index in [0.717, 1.165) is 11.3 Å². The van der Waals surface area contributed by atoms with Crippen molar-refractivity contribution >= 4 is 17.5 Å². The van der Waals surface area contributed by atoms with Gasteiger partial charge in [0.05, 0.1) is 25.0 Å². The number of carbonyl (C=O) groups excluding carboxylic acids is 2. The van der Waals surface area contributed by atoms with Gasteiger partial charge in [-0.3, -0.25) is 14.3 Å². The van der Waals surface area contributed by atoms with Gasteiger partial charge in [0.15, 0.2) is 0 Å². The molecule has 138 valence electrons. The van der Waals surface area contributed by atoms with Gasteiger partial charge in [0.1, 0.15) is 0 Å². The summed E-state index contributed by atoms with van der Waals surface area (Å²) >= 11 is 0. The zero-order valence-electron chi connectivity index (χ0n) is 15.4. The van der Waals surface area contributed by atoms with Crippen molar-refractivity contribution in [1.82, 2.24) is 14.7 Å². The first-order valence-corrected chi connectivity index (χ1v) is 8.82. The molecule has 1 aromatic carbocycles. The summed E-state index contributed by atoms with van der Waals surface area (Å²) in [6, 6.07) is 5.40. The summed E-state index contributed by atoms with van der Waals surface area (Å²) in [5.41, 5.74) is 3.44.